The average Bonchev–Trinajstić information content (AvgIpc) is 3.07. The zero-order valence-electron chi connectivity index (χ0n) is 14.0. The molecule has 2 aromatic rings. The first-order chi connectivity index (χ1) is 12.5. The molecular weight excluding hydrogens is 380 g/mol. The molecule has 5 nitrogen and oxygen atoms in total. The Hall–Kier alpha value is -2.59. The zero-order valence-corrected chi connectivity index (χ0v) is 14.0. The van der Waals surface area contributed by atoms with Crippen LogP contribution in [0.4, 0.5) is 26.3 Å². The molecule has 0 aliphatic carbocycles. The second kappa shape index (κ2) is 7.97. The number of nitrogens with zero attached hydrogens (tertiary/aromatic N) is 2. The molecule has 27 heavy (non-hydrogen) atoms. The number of aromatic nitrogens is 2. The van der Waals surface area contributed by atoms with Crippen molar-refractivity contribution in [1.29, 1.82) is 0 Å². The Kier molecular flexibility index (Phi) is 6.11. The summed E-state index contributed by atoms with van der Waals surface area (Å²) < 4.78 is 79.4. The van der Waals surface area contributed by atoms with Crippen LogP contribution in [0.15, 0.2) is 28.8 Å². The molecule has 1 amide bonds. The van der Waals surface area contributed by atoms with Gasteiger partial charge in [-0.1, -0.05) is 36.3 Å². The van der Waals surface area contributed by atoms with E-state index in [1.165, 1.54) is 31.2 Å². The van der Waals surface area contributed by atoms with E-state index >= 15 is 0 Å². The maximum Gasteiger partial charge on any atom is 0.471 e. The number of carbonyl (C=O) groups excluding carboxylic acids is 1. The molecule has 0 fully saturated rings. The van der Waals surface area contributed by atoms with Crippen LogP contribution in [0.25, 0.3) is 11.4 Å². The summed E-state index contributed by atoms with van der Waals surface area (Å²) in [6.45, 7) is 1.33. The lowest BCUT2D eigenvalue weighted by molar-refractivity contribution is -0.179. The third-order valence-electron chi connectivity index (χ3n) is 3.76. The number of carbonyl (C=O) groups is 1. The van der Waals surface area contributed by atoms with Crippen molar-refractivity contribution in [3.8, 4) is 11.4 Å². The number of amides is 1. The average molecular weight is 395 g/mol. The van der Waals surface area contributed by atoms with E-state index in [0.717, 1.165) is 0 Å². The highest BCUT2D eigenvalue weighted by Gasteiger charge is 2.39. The molecule has 11 heteroatoms. The van der Waals surface area contributed by atoms with E-state index < -0.39 is 36.5 Å². The highest BCUT2D eigenvalue weighted by atomic mass is 19.4. The minimum Gasteiger partial charge on any atom is -0.352 e. The lowest BCUT2D eigenvalue weighted by Crippen LogP contribution is -2.31. The molecule has 1 unspecified atom stereocenters. The standard InChI is InChI=1S/C16H15F6N3O2/c1-2-11(15(17,18)19)7-12(26)23-8-9-3-5-10(6-4-9)13-24-14(27-25-13)16(20,21)22/h3-6,11H,2,7-8H2,1H3,(H,23,26). The highest BCUT2D eigenvalue weighted by Crippen LogP contribution is 2.31. The number of halogens is 6. The fourth-order valence-electron chi connectivity index (χ4n) is 2.22. The van der Waals surface area contributed by atoms with E-state index in [1.807, 2.05) is 0 Å². The molecule has 1 heterocycles. The van der Waals surface area contributed by atoms with E-state index in [0.29, 0.717) is 5.56 Å². The molecule has 0 radical (unpaired) electrons. The lowest BCUT2D eigenvalue weighted by atomic mass is 10.0. The van der Waals surface area contributed by atoms with Gasteiger partial charge < -0.3 is 9.84 Å². The summed E-state index contributed by atoms with van der Waals surface area (Å²) in [5, 5.41) is 5.62. The van der Waals surface area contributed by atoms with Crippen LogP contribution < -0.4 is 5.32 Å². The largest absolute Gasteiger partial charge is 0.471 e. The van der Waals surface area contributed by atoms with Gasteiger partial charge in [0.2, 0.25) is 11.7 Å². The van der Waals surface area contributed by atoms with Gasteiger partial charge in [-0.15, -0.1) is 0 Å². The first-order valence-electron chi connectivity index (χ1n) is 7.84. The topological polar surface area (TPSA) is 68.0 Å². The van der Waals surface area contributed by atoms with Gasteiger partial charge in [0.15, 0.2) is 0 Å². The van der Waals surface area contributed by atoms with E-state index in [9.17, 15) is 31.1 Å². The molecule has 148 valence electrons. The van der Waals surface area contributed by atoms with Crippen LogP contribution >= 0.6 is 0 Å². The lowest BCUT2D eigenvalue weighted by Gasteiger charge is -2.18. The van der Waals surface area contributed by atoms with Crippen molar-refractivity contribution in [3.63, 3.8) is 0 Å². The molecule has 0 aliphatic heterocycles. The van der Waals surface area contributed by atoms with Gasteiger partial charge in [-0.25, -0.2) is 0 Å². The summed E-state index contributed by atoms with van der Waals surface area (Å²) in [7, 11) is 0. The van der Waals surface area contributed by atoms with Crippen LogP contribution in [-0.2, 0) is 17.5 Å². The van der Waals surface area contributed by atoms with Crippen molar-refractivity contribution < 1.29 is 35.7 Å². The van der Waals surface area contributed by atoms with Crippen molar-refractivity contribution in [2.45, 2.75) is 38.7 Å². The first kappa shape index (κ1) is 20.7. The molecular formula is C16H15F6N3O2. The van der Waals surface area contributed by atoms with Crippen LogP contribution in [0.5, 0.6) is 0 Å². The predicted molar refractivity (Wildman–Crippen MR) is 81.0 cm³/mol. The van der Waals surface area contributed by atoms with Gasteiger partial charge in [0.05, 0.1) is 5.92 Å². The molecule has 0 saturated heterocycles. The van der Waals surface area contributed by atoms with Gasteiger partial charge in [-0.2, -0.15) is 31.3 Å². The zero-order chi connectivity index (χ0) is 20.2. The van der Waals surface area contributed by atoms with Crippen LogP contribution in [0.1, 0.15) is 31.2 Å². The van der Waals surface area contributed by atoms with Crippen LogP contribution in [0.3, 0.4) is 0 Å². The Morgan fingerprint density at radius 1 is 1.15 bits per heavy atom. The van der Waals surface area contributed by atoms with Gasteiger partial charge in [0, 0.05) is 18.5 Å². The normalized spacial score (nSPS) is 13.4. The fraction of sp³-hybridized carbons (Fsp3) is 0.438. The number of benzene rings is 1. The van der Waals surface area contributed by atoms with Crippen molar-refractivity contribution in [2.24, 2.45) is 5.92 Å². The molecule has 0 saturated carbocycles. The summed E-state index contributed by atoms with van der Waals surface area (Å²) in [4.78, 5) is 14.9. The molecule has 1 atom stereocenters. The number of nitrogens with one attached hydrogen (secondary N) is 1. The highest BCUT2D eigenvalue weighted by molar-refractivity contribution is 5.76. The molecule has 1 N–H and O–H groups in total. The molecule has 1 aromatic heterocycles. The van der Waals surface area contributed by atoms with Gasteiger partial charge >= 0.3 is 18.2 Å². The molecule has 2 rings (SSSR count). The van der Waals surface area contributed by atoms with Gasteiger partial charge in [-0.3, -0.25) is 4.79 Å². The third kappa shape index (κ3) is 5.69. The van der Waals surface area contributed by atoms with Crippen LogP contribution in [-0.4, -0.2) is 22.2 Å². The van der Waals surface area contributed by atoms with Crippen LogP contribution in [0, 0.1) is 5.92 Å². The van der Waals surface area contributed by atoms with E-state index in [1.54, 1.807) is 0 Å². The van der Waals surface area contributed by atoms with Crippen molar-refractivity contribution in [1.82, 2.24) is 15.5 Å². The maximum absolute atomic E-state index is 12.7. The van der Waals surface area contributed by atoms with E-state index in [-0.39, 0.29) is 24.4 Å². The summed E-state index contributed by atoms with van der Waals surface area (Å²) in [5.41, 5.74) is 0.805. The van der Waals surface area contributed by atoms with Gasteiger partial charge in [-0.05, 0) is 12.0 Å². The summed E-state index contributed by atoms with van der Waals surface area (Å²) in [6.07, 6.45) is -10.0. The van der Waals surface area contributed by atoms with Crippen LogP contribution in [0.2, 0.25) is 0 Å². The number of alkyl halides is 6. The summed E-state index contributed by atoms with van der Waals surface area (Å²) in [5.74, 6) is -4.17. The maximum atomic E-state index is 12.7. The van der Waals surface area contributed by atoms with Crippen molar-refractivity contribution in [2.75, 3.05) is 0 Å². The van der Waals surface area contributed by atoms with Gasteiger partial charge in [0.25, 0.3) is 0 Å². The fourth-order valence-corrected chi connectivity index (χ4v) is 2.22. The minimum atomic E-state index is -4.75. The summed E-state index contributed by atoms with van der Waals surface area (Å²) in [6, 6.07) is 5.80. The van der Waals surface area contributed by atoms with E-state index in [2.05, 4.69) is 20.0 Å². The van der Waals surface area contributed by atoms with Gasteiger partial charge in [0.1, 0.15) is 0 Å². The molecule has 0 aliphatic rings. The molecule has 0 spiro atoms. The monoisotopic (exact) mass is 395 g/mol. The van der Waals surface area contributed by atoms with Crippen molar-refractivity contribution in [3.05, 3.63) is 35.7 Å². The second-order valence-corrected chi connectivity index (χ2v) is 5.75. The SMILES string of the molecule is CCC(CC(=O)NCc1ccc(-c2noc(C(F)(F)F)n2)cc1)C(F)(F)F. The molecule has 1 aromatic carbocycles. The Morgan fingerprint density at radius 2 is 1.78 bits per heavy atom. The number of hydrogen-bond acceptors (Lipinski definition) is 4. The first-order valence-corrected chi connectivity index (χ1v) is 7.84. The Labute approximate surface area is 149 Å². The summed E-state index contributed by atoms with van der Waals surface area (Å²) >= 11 is 0. The number of rotatable bonds is 6. The smallest absolute Gasteiger partial charge is 0.352 e. The van der Waals surface area contributed by atoms with E-state index in [4.69, 9.17) is 0 Å². The predicted octanol–water partition coefficient (Wildman–Crippen LogP) is 4.35. The molecule has 0 bridgehead atoms. The minimum absolute atomic E-state index is 0.0204. The second-order valence-electron chi connectivity index (χ2n) is 5.75. The Bertz CT molecular complexity index is 768. The number of hydrogen-bond donors (Lipinski definition) is 1. The Morgan fingerprint density at radius 3 is 2.26 bits per heavy atom. The Balaban J connectivity index is 1.94. The van der Waals surface area contributed by atoms with Crippen molar-refractivity contribution >= 4 is 5.91 Å². The quantitative estimate of drug-likeness (QED) is 0.739. The third-order valence-corrected chi connectivity index (χ3v) is 3.76.